The van der Waals surface area contributed by atoms with Gasteiger partial charge in [-0.05, 0) is 31.0 Å². The molecule has 1 unspecified atom stereocenters. The number of benzene rings is 2. The van der Waals surface area contributed by atoms with Gasteiger partial charge in [-0.15, -0.1) is 0 Å². The molecule has 4 N–H and O–H groups in total. The van der Waals surface area contributed by atoms with E-state index < -0.39 is 6.10 Å². The SMILES string of the molecule is COC(=O)C(Oc1cc2c3c(c(-c4ccc5oc(N)nc5c4)[nH]c3c1)NCCO2)C1CC1. The van der Waals surface area contributed by atoms with E-state index in [2.05, 4.69) is 15.3 Å². The minimum atomic E-state index is -0.609. The van der Waals surface area contributed by atoms with Crippen LogP contribution in [-0.2, 0) is 9.53 Å². The molecule has 3 heterocycles. The van der Waals surface area contributed by atoms with Crippen molar-refractivity contribution < 1.29 is 23.4 Å². The molecule has 1 atom stereocenters. The normalized spacial score (nSPS) is 16.3. The molecule has 0 radical (unpaired) electrons. The van der Waals surface area contributed by atoms with Gasteiger partial charge in [0.2, 0.25) is 0 Å². The number of carbonyl (C=O) groups is 1. The van der Waals surface area contributed by atoms with E-state index in [0.29, 0.717) is 35.8 Å². The van der Waals surface area contributed by atoms with Crippen LogP contribution in [0.3, 0.4) is 0 Å². The summed E-state index contributed by atoms with van der Waals surface area (Å²) in [4.78, 5) is 19.9. The van der Waals surface area contributed by atoms with Gasteiger partial charge in [0.25, 0.3) is 6.01 Å². The summed E-state index contributed by atoms with van der Waals surface area (Å²) in [5.74, 6) is 1.10. The van der Waals surface area contributed by atoms with Crippen LogP contribution >= 0.6 is 0 Å². The lowest BCUT2D eigenvalue weighted by Crippen LogP contribution is -2.30. The van der Waals surface area contributed by atoms with E-state index in [-0.39, 0.29) is 17.9 Å². The van der Waals surface area contributed by atoms with Crippen molar-refractivity contribution in [3.63, 3.8) is 0 Å². The van der Waals surface area contributed by atoms with Gasteiger partial charge in [-0.2, -0.15) is 4.98 Å². The van der Waals surface area contributed by atoms with Crippen molar-refractivity contribution in [1.29, 1.82) is 0 Å². The zero-order valence-corrected chi connectivity index (χ0v) is 17.4. The number of anilines is 2. The number of nitrogen functional groups attached to an aromatic ring is 1. The molecule has 0 amide bonds. The summed E-state index contributed by atoms with van der Waals surface area (Å²) in [6.07, 6.45) is 1.31. The van der Waals surface area contributed by atoms with E-state index in [1.807, 2.05) is 30.3 Å². The average Bonchev–Trinajstić information content (AvgIpc) is 3.51. The second-order valence-electron chi connectivity index (χ2n) is 8.13. The molecule has 2 aliphatic rings. The molecule has 1 aliphatic carbocycles. The quantitative estimate of drug-likeness (QED) is 0.406. The lowest BCUT2D eigenvalue weighted by Gasteiger charge is -2.17. The number of aromatic amines is 1. The van der Waals surface area contributed by atoms with Gasteiger partial charge in [-0.1, -0.05) is 0 Å². The number of esters is 1. The van der Waals surface area contributed by atoms with E-state index in [1.165, 1.54) is 7.11 Å². The van der Waals surface area contributed by atoms with Crippen LogP contribution in [0.1, 0.15) is 12.8 Å². The Kier molecular flexibility index (Phi) is 4.17. The summed E-state index contributed by atoms with van der Waals surface area (Å²) in [6, 6.07) is 9.62. The topological polar surface area (TPSA) is 125 Å². The molecule has 2 aromatic heterocycles. The molecule has 4 aromatic rings. The monoisotopic (exact) mass is 434 g/mol. The number of rotatable bonds is 5. The molecular formula is C23H22N4O5. The van der Waals surface area contributed by atoms with Crippen molar-refractivity contribution in [3.8, 4) is 22.8 Å². The third-order valence-corrected chi connectivity index (χ3v) is 5.94. The Morgan fingerprint density at radius 3 is 2.97 bits per heavy atom. The number of hydrogen-bond donors (Lipinski definition) is 3. The molecule has 0 spiro atoms. The zero-order chi connectivity index (χ0) is 21.8. The number of methoxy groups -OCH3 is 1. The number of oxazole rings is 1. The van der Waals surface area contributed by atoms with E-state index in [9.17, 15) is 4.79 Å². The first-order valence-corrected chi connectivity index (χ1v) is 10.6. The van der Waals surface area contributed by atoms with E-state index in [1.54, 1.807) is 0 Å². The van der Waals surface area contributed by atoms with Crippen molar-refractivity contribution in [2.24, 2.45) is 5.92 Å². The fraction of sp³-hybridized carbons (Fsp3) is 0.304. The van der Waals surface area contributed by atoms with Crippen LogP contribution in [0, 0.1) is 5.92 Å². The number of nitrogens with zero attached hydrogens (tertiary/aromatic N) is 1. The van der Waals surface area contributed by atoms with Crippen LogP contribution < -0.4 is 20.5 Å². The molecule has 9 heteroatoms. The Labute approximate surface area is 182 Å². The summed E-state index contributed by atoms with van der Waals surface area (Å²) in [5.41, 5.74) is 10.6. The maximum atomic E-state index is 12.2. The van der Waals surface area contributed by atoms with Crippen molar-refractivity contribution in [2.45, 2.75) is 18.9 Å². The highest BCUT2D eigenvalue weighted by atomic mass is 16.6. The van der Waals surface area contributed by atoms with Crippen LogP contribution in [0.4, 0.5) is 11.7 Å². The summed E-state index contributed by atoms with van der Waals surface area (Å²) >= 11 is 0. The number of nitrogens with two attached hydrogens (primary N) is 1. The third kappa shape index (κ3) is 3.08. The molecule has 0 bridgehead atoms. The maximum Gasteiger partial charge on any atom is 0.347 e. The lowest BCUT2D eigenvalue weighted by molar-refractivity contribution is -0.149. The molecule has 6 rings (SSSR count). The van der Waals surface area contributed by atoms with Crippen molar-refractivity contribution in [2.75, 3.05) is 31.3 Å². The minimum Gasteiger partial charge on any atom is -0.491 e. The number of ether oxygens (including phenoxy) is 3. The molecular weight excluding hydrogens is 412 g/mol. The van der Waals surface area contributed by atoms with Crippen LogP contribution in [-0.4, -0.2) is 42.3 Å². The number of H-pyrrole nitrogens is 1. The highest BCUT2D eigenvalue weighted by Crippen LogP contribution is 2.44. The Bertz CT molecular complexity index is 1350. The average molecular weight is 434 g/mol. The molecule has 1 fully saturated rings. The Morgan fingerprint density at radius 1 is 1.28 bits per heavy atom. The third-order valence-electron chi connectivity index (χ3n) is 5.94. The van der Waals surface area contributed by atoms with Gasteiger partial charge in [-0.3, -0.25) is 0 Å². The van der Waals surface area contributed by atoms with E-state index in [4.69, 9.17) is 24.4 Å². The van der Waals surface area contributed by atoms with Gasteiger partial charge in [0.05, 0.1) is 29.4 Å². The fourth-order valence-electron chi connectivity index (χ4n) is 4.28. The predicted molar refractivity (Wildman–Crippen MR) is 119 cm³/mol. The highest BCUT2D eigenvalue weighted by Gasteiger charge is 2.39. The predicted octanol–water partition coefficient (Wildman–Crippen LogP) is 3.69. The smallest absolute Gasteiger partial charge is 0.347 e. The summed E-state index contributed by atoms with van der Waals surface area (Å²) in [5, 5.41) is 4.40. The number of aromatic nitrogens is 2. The minimum absolute atomic E-state index is 0.137. The highest BCUT2D eigenvalue weighted by molar-refractivity contribution is 6.06. The molecule has 2 aromatic carbocycles. The standard InChI is InChI=1S/C23H22N4O5/c1-29-22(28)21(11-2-3-11)31-13-9-15-18-17(10-13)30-7-6-25-20(18)19(26-15)12-4-5-16-14(8-12)27-23(24)32-16/h4-5,8-11,21,25-26H,2-3,6-7H2,1H3,(H2,24,27). The van der Waals surface area contributed by atoms with Gasteiger partial charge in [-0.25, -0.2) is 4.79 Å². The summed E-state index contributed by atoms with van der Waals surface area (Å²) in [6.45, 7) is 1.16. The van der Waals surface area contributed by atoms with Crippen LogP contribution in [0.2, 0.25) is 0 Å². The van der Waals surface area contributed by atoms with Crippen LogP contribution in [0.15, 0.2) is 34.7 Å². The molecule has 32 heavy (non-hydrogen) atoms. The molecule has 0 saturated heterocycles. The molecule has 9 nitrogen and oxygen atoms in total. The van der Waals surface area contributed by atoms with Gasteiger partial charge < -0.3 is 34.7 Å². The zero-order valence-electron chi connectivity index (χ0n) is 17.4. The molecule has 1 saturated carbocycles. The summed E-state index contributed by atoms with van der Waals surface area (Å²) in [7, 11) is 1.38. The number of hydrogen-bond acceptors (Lipinski definition) is 8. The fourth-order valence-corrected chi connectivity index (χ4v) is 4.28. The van der Waals surface area contributed by atoms with Gasteiger partial charge in [0.1, 0.15) is 23.6 Å². The largest absolute Gasteiger partial charge is 0.491 e. The summed E-state index contributed by atoms with van der Waals surface area (Å²) < 4.78 is 22.4. The number of nitrogens with one attached hydrogen (secondary N) is 2. The lowest BCUT2D eigenvalue weighted by atomic mass is 10.1. The first kappa shape index (κ1) is 18.9. The number of carbonyl (C=O) groups excluding carboxylic acids is 1. The molecule has 164 valence electrons. The number of fused-ring (bicyclic) bond motifs is 1. The second-order valence-corrected chi connectivity index (χ2v) is 8.13. The van der Waals surface area contributed by atoms with Crippen molar-refractivity contribution in [1.82, 2.24) is 9.97 Å². The Balaban J connectivity index is 1.46. The van der Waals surface area contributed by atoms with Crippen LogP contribution in [0.25, 0.3) is 33.3 Å². The molecule has 1 aliphatic heterocycles. The van der Waals surface area contributed by atoms with Crippen molar-refractivity contribution in [3.05, 3.63) is 30.3 Å². The van der Waals surface area contributed by atoms with Crippen LogP contribution in [0.5, 0.6) is 11.5 Å². The first-order valence-electron chi connectivity index (χ1n) is 10.6. The second kappa shape index (κ2) is 7.08. The Hall–Kier alpha value is -3.88. The van der Waals surface area contributed by atoms with Gasteiger partial charge in [0, 0.05) is 30.2 Å². The van der Waals surface area contributed by atoms with E-state index in [0.717, 1.165) is 40.7 Å². The van der Waals surface area contributed by atoms with E-state index >= 15 is 0 Å². The maximum absolute atomic E-state index is 12.2. The van der Waals surface area contributed by atoms with Crippen molar-refractivity contribution >= 4 is 39.7 Å². The first-order chi connectivity index (χ1) is 15.6. The Morgan fingerprint density at radius 2 is 2.16 bits per heavy atom. The van der Waals surface area contributed by atoms with Gasteiger partial charge in [0.15, 0.2) is 11.7 Å². The van der Waals surface area contributed by atoms with Gasteiger partial charge >= 0.3 is 5.97 Å².